The Morgan fingerprint density at radius 3 is 1.79 bits per heavy atom. The maximum absolute atomic E-state index is 11.3. The summed E-state index contributed by atoms with van der Waals surface area (Å²) in [6, 6.07) is 0. The van der Waals surface area contributed by atoms with Crippen molar-refractivity contribution in [1.29, 1.82) is 0 Å². The van der Waals surface area contributed by atoms with Crippen LogP contribution in [0.2, 0.25) is 0 Å². The van der Waals surface area contributed by atoms with Crippen molar-refractivity contribution in [2.45, 2.75) is 44.2 Å². The van der Waals surface area contributed by atoms with Crippen LogP contribution < -0.4 is 5.32 Å². The number of hydrogen-bond donors (Lipinski definition) is 3. The third-order valence-electron chi connectivity index (χ3n) is 3.61. The molecule has 3 N–H and O–H groups in total. The quantitative estimate of drug-likeness (QED) is 0.285. The lowest BCUT2D eigenvalue weighted by Gasteiger charge is -2.30. The minimum absolute atomic E-state index is 0.00872. The van der Waals surface area contributed by atoms with Crippen LogP contribution in [0.3, 0.4) is 0 Å². The van der Waals surface area contributed by atoms with Crippen LogP contribution in [0.4, 0.5) is 0 Å². The third-order valence-corrected chi connectivity index (χ3v) is 3.61. The molecule has 0 spiro atoms. The highest BCUT2D eigenvalue weighted by Gasteiger charge is 2.54. The molecule has 0 bridgehead atoms. The SMILES string of the molecule is CCC(CO)(CC(CC)(CNCO)[N+](=O)[O-])[N+](=O)[O-]. The van der Waals surface area contributed by atoms with Gasteiger partial charge in [-0.1, -0.05) is 13.8 Å². The van der Waals surface area contributed by atoms with Crippen molar-refractivity contribution in [3.63, 3.8) is 0 Å². The number of rotatable bonds is 10. The van der Waals surface area contributed by atoms with E-state index in [-0.39, 0.29) is 19.4 Å². The molecule has 2 atom stereocenters. The fraction of sp³-hybridized carbons (Fsp3) is 1.00. The summed E-state index contributed by atoms with van der Waals surface area (Å²) in [6.45, 7) is 1.67. The van der Waals surface area contributed by atoms with E-state index in [9.17, 15) is 25.3 Å². The largest absolute Gasteiger partial charge is 0.389 e. The topological polar surface area (TPSA) is 139 Å². The lowest BCUT2D eigenvalue weighted by molar-refractivity contribution is -0.617. The summed E-state index contributed by atoms with van der Waals surface area (Å²) in [5.41, 5.74) is -3.32. The van der Waals surface area contributed by atoms with Gasteiger partial charge in [-0.2, -0.15) is 0 Å². The Bertz CT molecular complexity index is 320. The van der Waals surface area contributed by atoms with E-state index in [1.165, 1.54) is 6.92 Å². The van der Waals surface area contributed by atoms with Gasteiger partial charge in [0.25, 0.3) is 5.54 Å². The highest BCUT2D eigenvalue weighted by molar-refractivity contribution is 4.91. The first-order chi connectivity index (χ1) is 8.84. The highest BCUT2D eigenvalue weighted by Crippen LogP contribution is 2.31. The molecule has 0 aromatic heterocycles. The van der Waals surface area contributed by atoms with Crippen molar-refractivity contribution < 1.29 is 20.1 Å². The van der Waals surface area contributed by atoms with Gasteiger partial charge in [-0.25, -0.2) is 0 Å². The first kappa shape index (κ1) is 17.7. The van der Waals surface area contributed by atoms with Crippen LogP contribution in [0.1, 0.15) is 33.1 Å². The van der Waals surface area contributed by atoms with Gasteiger partial charge in [0.05, 0.1) is 19.7 Å². The lowest BCUT2D eigenvalue weighted by atomic mass is 9.79. The van der Waals surface area contributed by atoms with E-state index in [1.807, 2.05) is 0 Å². The summed E-state index contributed by atoms with van der Waals surface area (Å²) < 4.78 is 0. The highest BCUT2D eigenvalue weighted by atomic mass is 16.6. The maximum Gasteiger partial charge on any atom is 0.251 e. The Kier molecular flexibility index (Phi) is 6.81. The minimum Gasteiger partial charge on any atom is -0.389 e. The second kappa shape index (κ2) is 7.31. The molecule has 0 rings (SSSR count). The van der Waals surface area contributed by atoms with E-state index in [2.05, 4.69) is 5.32 Å². The van der Waals surface area contributed by atoms with Gasteiger partial charge in [-0.05, 0) is 0 Å². The molecule has 19 heavy (non-hydrogen) atoms. The summed E-state index contributed by atoms with van der Waals surface area (Å²) >= 11 is 0. The Hall–Kier alpha value is -1.32. The molecule has 0 aliphatic rings. The molecule has 9 nitrogen and oxygen atoms in total. The fourth-order valence-electron chi connectivity index (χ4n) is 2.02. The summed E-state index contributed by atoms with van der Waals surface area (Å²) in [6.07, 6.45) is -0.343. The summed E-state index contributed by atoms with van der Waals surface area (Å²) in [4.78, 5) is 21.2. The average Bonchev–Trinajstić information content (AvgIpc) is 2.39. The smallest absolute Gasteiger partial charge is 0.251 e. The second-order valence-corrected chi connectivity index (χ2v) is 4.59. The molecular formula is C10H21N3O6. The zero-order valence-corrected chi connectivity index (χ0v) is 11.2. The molecule has 9 heteroatoms. The standard InChI is InChI=1S/C10H21N3O6/c1-3-9(12(16)17,6-11-8-15)5-10(4-2,7-14)13(18)19/h11,14-15H,3-8H2,1-2H3. The van der Waals surface area contributed by atoms with E-state index in [0.717, 1.165) is 0 Å². The normalized spacial score (nSPS) is 17.5. The fourth-order valence-corrected chi connectivity index (χ4v) is 2.02. The van der Waals surface area contributed by atoms with Crippen LogP contribution in [-0.2, 0) is 0 Å². The van der Waals surface area contributed by atoms with Crippen molar-refractivity contribution in [3.05, 3.63) is 20.2 Å². The molecule has 0 aliphatic heterocycles. The molecule has 0 heterocycles. The molecule has 0 aromatic rings. The van der Waals surface area contributed by atoms with Gasteiger partial charge < -0.3 is 10.2 Å². The Balaban J connectivity index is 5.38. The van der Waals surface area contributed by atoms with Gasteiger partial charge in [-0.15, -0.1) is 0 Å². The Morgan fingerprint density at radius 1 is 1.05 bits per heavy atom. The summed E-state index contributed by atoms with van der Waals surface area (Å²) in [5.74, 6) is 0. The zero-order chi connectivity index (χ0) is 15.1. The number of hydrogen-bond acceptors (Lipinski definition) is 7. The third kappa shape index (κ3) is 3.82. The van der Waals surface area contributed by atoms with Crippen LogP contribution in [0, 0.1) is 20.2 Å². The molecule has 0 saturated carbocycles. The van der Waals surface area contributed by atoms with Crippen molar-refractivity contribution in [2.24, 2.45) is 0 Å². The molecule has 0 amide bonds. The van der Waals surface area contributed by atoms with E-state index in [0.29, 0.717) is 0 Å². The van der Waals surface area contributed by atoms with Crippen molar-refractivity contribution in [3.8, 4) is 0 Å². The van der Waals surface area contributed by atoms with E-state index in [1.54, 1.807) is 6.92 Å². The molecule has 0 aromatic carbocycles. The van der Waals surface area contributed by atoms with Crippen LogP contribution >= 0.6 is 0 Å². The van der Waals surface area contributed by atoms with Gasteiger partial charge in [0.15, 0.2) is 0 Å². The molecule has 2 unspecified atom stereocenters. The molecule has 0 aliphatic carbocycles. The molecule has 0 saturated heterocycles. The predicted molar refractivity (Wildman–Crippen MR) is 66.8 cm³/mol. The van der Waals surface area contributed by atoms with Crippen molar-refractivity contribution in [1.82, 2.24) is 5.32 Å². The lowest BCUT2D eigenvalue weighted by Crippen LogP contribution is -2.56. The number of aliphatic hydroxyl groups excluding tert-OH is 2. The van der Waals surface area contributed by atoms with E-state index >= 15 is 0 Å². The number of nitro groups is 2. The van der Waals surface area contributed by atoms with E-state index < -0.39 is 40.7 Å². The number of aliphatic hydroxyl groups is 2. The van der Waals surface area contributed by atoms with Gasteiger partial charge in [0.2, 0.25) is 5.54 Å². The van der Waals surface area contributed by atoms with Crippen LogP contribution in [-0.4, -0.2) is 51.0 Å². The number of nitrogens with zero attached hydrogens (tertiary/aromatic N) is 2. The monoisotopic (exact) mass is 279 g/mol. The predicted octanol–water partition coefficient (Wildman–Crippen LogP) is -0.241. The van der Waals surface area contributed by atoms with Gasteiger partial charge in [0.1, 0.15) is 6.61 Å². The Labute approximate surface area is 110 Å². The first-order valence-corrected chi connectivity index (χ1v) is 6.05. The molecular weight excluding hydrogens is 258 g/mol. The second-order valence-electron chi connectivity index (χ2n) is 4.59. The minimum atomic E-state index is -1.74. The number of nitrogens with one attached hydrogen (secondary N) is 1. The molecule has 112 valence electrons. The van der Waals surface area contributed by atoms with E-state index in [4.69, 9.17) is 5.11 Å². The van der Waals surface area contributed by atoms with Crippen LogP contribution in [0.5, 0.6) is 0 Å². The van der Waals surface area contributed by atoms with Crippen LogP contribution in [0.25, 0.3) is 0 Å². The Morgan fingerprint density at radius 2 is 1.53 bits per heavy atom. The van der Waals surface area contributed by atoms with Crippen molar-refractivity contribution in [2.75, 3.05) is 19.9 Å². The molecule has 0 fully saturated rings. The van der Waals surface area contributed by atoms with Gasteiger partial charge >= 0.3 is 0 Å². The average molecular weight is 279 g/mol. The van der Waals surface area contributed by atoms with Gasteiger partial charge in [-0.3, -0.25) is 25.5 Å². The van der Waals surface area contributed by atoms with Gasteiger partial charge in [0, 0.05) is 22.7 Å². The summed E-state index contributed by atoms with van der Waals surface area (Å²) in [5, 5.41) is 42.8. The molecule has 0 radical (unpaired) electrons. The van der Waals surface area contributed by atoms with Crippen molar-refractivity contribution >= 4 is 0 Å². The van der Waals surface area contributed by atoms with Crippen LogP contribution in [0.15, 0.2) is 0 Å². The maximum atomic E-state index is 11.3. The zero-order valence-electron chi connectivity index (χ0n) is 11.2. The summed E-state index contributed by atoms with van der Waals surface area (Å²) in [7, 11) is 0. The first-order valence-electron chi connectivity index (χ1n) is 6.05.